The van der Waals surface area contributed by atoms with Crippen molar-refractivity contribution in [1.29, 1.82) is 0 Å². The van der Waals surface area contributed by atoms with Gasteiger partial charge < -0.3 is 9.88 Å². The van der Waals surface area contributed by atoms with Crippen LogP contribution < -0.4 is 0 Å². The van der Waals surface area contributed by atoms with Gasteiger partial charge in [-0.1, -0.05) is 29.8 Å². The number of H-pyrrole nitrogens is 1. The van der Waals surface area contributed by atoms with Crippen LogP contribution in [0.2, 0.25) is 0 Å². The van der Waals surface area contributed by atoms with Gasteiger partial charge in [-0.15, -0.1) is 0 Å². The van der Waals surface area contributed by atoms with Gasteiger partial charge in [0.05, 0.1) is 0 Å². The van der Waals surface area contributed by atoms with Crippen molar-refractivity contribution in [2.24, 2.45) is 0 Å². The number of aryl methyl sites for hydroxylation is 2. The van der Waals surface area contributed by atoms with E-state index in [0.717, 1.165) is 37.1 Å². The maximum absolute atomic E-state index is 12.9. The highest BCUT2D eigenvalue weighted by Crippen LogP contribution is 2.27. The van der Waals surface area contributed by atoms with Crippen LogP contribution in [0.15, 0.2) is 42.5 Å². The summed E-state index contributed by atoms with van der Waals surface area (Å²) >= 11 is 0. The summed E-state index contributed by atoms with van der Waals surface area (Å²) in [6.07, 6.45) is 1.80. The quantitative estimate of drug-likeness (QED) is 0.722. The maximum Gasteiger partial charge on any atom is 0.254 e. The summed E-state index contributed by atoms with van der Waals surface area (Å²) in [6, 6.07) is 14.4. The molecule has 2 aromatic carbocycles. The Balaban J connectivity index is 1.62. The third-order valence-electron chi connectivity index (χ3n) is 5.08. The van der Waals surface area contributed by atoms with Crippen LogP contribution in [-0.2, 0) is 12.8 Å². The smallest absolute Gasteiger partial charge is 0.254 e. The van der Waals surface area contributed by atoms with Crippen molar-refractivity contribution in [2.75, 3.05) is 13.1 Å². The Morgan fingerprint density at radius 2 is 1.83 bits per heavy atom. The summed E-state index contributed by atoms with van der Waals surface area (Å²) in [6.45, 7) is 5.68. The van der Waals surface area contributed by atoms with Gasteiger partial charge in [0.1, 0.15) is 0 Å². The number of hydrogen-bond donors (Lipinski definition) is 1. The number of nitrogens with zero attached hydrogens (tertiary/aromatic N) is 1. The molecule has 0 spiro atoms. The second-order valence-electron chi connectivity index (χ2n) is 6.74. The number of amides is 1. The van der Waals surface area contributed by atoms with E-state index in [0.29, 0.717) is 0 Å². The Morgan fingerprint density at radius 1 is 1.04 bits per heavy atom. The molecule has 122 valence electrons. The van der Waals surface area contributed by atoms with Gasteiger partial charge >= 0.3 is 0 Å². The standard InChI is InChI=1S/C21H22N2O/c1-14-7-8-19-18(13-14)17-9-11-23(12-10-20(17)22-19)21(24)16-6-4-3-5-15(16)2/h3-8,13,22H,9-12H2,1-2H3. The SMILES string of the molecule is Cc1ccc2[nH]c3c(c2c1)CCN(C(=O)c1ccccc1C)CC3. The molecular formula is C21H22N2O. The average molecular weight is 318 g/mol. The van der Waals surface area contributed by atoms with Crippen LogP contribution >= 0.6 is 0 Å². The number of rotatable bonds is 1. The highest BCUT2D eigenvalue weighted by atomic mass is 16.2. The minimum atomic E-state index is 0.152. The summed E-state index contributed by atoms with van der Waals surface area (Å²) in [5.74, 6) is 0.152. The molecule has 2 heterocycles. The second-order valence-corrected chi connectivity index (χ2v) is 6.74. The lowest BCUT2D eigenvalue weighted by molar-refractivity contribution is 0.0762. The summed E-state index contributed by atoms with van der Waals surface area (Å²) < 4.78 is 0. The van der Waals surface area contributed by atoms with Crippen molar-refractivity contribution >= 4 is 16.8 Å². The van der Waals surface area contributed by atoms with Crippen molar-refractivity contribution in [3.05, 3.63) is 70.4 Å². The molecular weight excluding hydrogens is 296 g/mol. The van der Waals surface area contributed by atoms with E-state index < -0.39 is 0 Å². The molecule has 24 heavy (non-hydrogen) atoms. The number of nitrogens with one attached hydrogen (secondary N) is 1. The zero-order valence-electron chi connectivity index (χ0n) is 14.2. The molecule has 1 aromatic heterocycles. The monoisotopic (exact) mass is 318 g/mol. The molecule has 0 bridgehead atoms. The number of hydrogen-bond acceptors (Lipinski definition) is 1. The number of carbonyl (C=O) groups excluding carboxylic acids is 1. The lowest BCUT2D eigenvalue weighted by Gasteiger charge is -2.21. The number of aromatic amines is 1. The molecule has 0 unspecified atom stereocenters. The van der Waals surface area contributed by atoms with E-state index in [9.17, 15) is 4.79 Å². The number of fused-ring (bicyclic) bond motifs is 3. The van der Waals surface area contributed by atoms with Gasteiger partial charge in [-0.05, 0) is 49.6 Å². The summed E-state index contributed by atoms with van der Waals surface area (Å²) in [5, 5.41) is 1.31. The number of benzene rings is 2. The van der Waals surface area contributed by atoms with Crippen LogP contribution in [0.1, 0.15) is 32.7 Å². The zero-order chi connectivity index (χ0) is 16.7. The normalized spacial score (nSPS) is 14.5. The van der Waals surface area contributed by atoms with Crippen molar-refractivity contribution < 1.29 is 4.79 Å². The van der Waals surface area contributed by atoms with Crippen LogP contribution in [0.5, 0.6) is 0 Å². The fraction of sp³-hybridized carbons (Fsp3) is 0.286. The first-order valence-corrected chi connectivity index (χ1v) is 8.58. The Morgan fingerprint density at radius 3 is 2.67 bits per heavy atom. The van der Waals surface area contributed by atoms with Crippen LogP contribution in [0.25, 0.3) is 10.9 Å². The summed E-state index contributed by atoms with van der Waals surface area (Å²) in [5.41, 5.74) is 7.03. The van der Waals surface area contributed by atoms with E-state index in [2.05, 4.69) is 30.1 Å². The third kappa shape index (κ3) is 2.50. The van der Waals surface area contributed by atoms with Gasteiger partial charge in [0, 0.05) is 41.7 Å². The highest BCUT2D eigenvalue weighted by Gasteiger charge is 2.23. The van der Waals surface area contributed by atoms with Gasteiger partial charge in [-0.25, -0.2) is 0 Å². The first kappa shape index (κ1) is 15.0. The minimum Gasteiger partial charge on any atom is -0.358 e. The van der Waals surface area contributed by atoms with E-state index in [-0.39, 0.29) is 5.91 Å². The van der Waals surface area contributed by atoms with Gasteiger partial charge in [0.2, 0.25) is 0 Å². The average Bonchev–Trinajstić information content (AvgIpc) is 2.78. The Bertz CT molecular complexity index is 923. The molecule has 1 amide bonds. The molecule has 0 saturated heterocycles. The van der Waals surface area contributed by atoms with Crippen molar-refractivity contribution in [3.8, 4) is 0 Å². The van der Waals surface area contributed by atoms with Gasteiger partial charge in [0.15, 0.2) is 0 Å². The van der Waals surface area contributed by atoms with E-state index >= 15 is 0 Å². The molecule has 1 aliphatic rings. The topological polar surface area (TPSA) is 36.1 Å². The Hall–Kier alpha value is -2.55. The second kappa shape index (κ2) is 5.82. The number of carbonyl (C=O) groups is 1. The first-order valence-electron chi connectivity index (χ1n) is 8.58. The highest BCUT2D eigenvalue weighted by molar-refractivity contribution is 5.95. The van der Waals surface area contributed by atoms with E-state index in [1.54, 1.807) is 0 Å². The fourth-order valence-corrected chi connectivity index (χ4v) is 3.71. The minimum absolute atomic E-state index is 0.152. The molecule has 0 fully saturated rings. The third-order valence-corrected chi connectivity index (χ3v) is 5.08. The molecule has 0 radical (unpaired) electrons. The molecule has 4 rings (SSSR count). The molecule has 3 nitrogen and oxygen atoms in total. The van der Waals surface area contributed by atoms with Crippen LogP contribution in [0, 0.1) is 13.8 Å². The van der Waals surface area contributed by atoms with E-state index in [4.69, 9.17) is 0 Å². The largest absolute Gasteiger partial charge is 0.358 e. The molecule has 0 aliphatic carbocycles. The van der Waals surface area contributed by atoms with Crippen LogP contribution in [0.4, 0.5) is 0 Å². The molecule has 0 saturated carbocycles. The summed E-state index contributed by atoms with van der Waals surface area (Å²) in [4.78, 5) is 18.4. The predicted octanol–water partition coefficient (Wildman–Crippen LogP) is 4.03. The Kier molecular flexibility index (Phi) is 3.64. The summed E-state index contributed by atoms with van der Waals surface area (Å²) in [7, 11) is 0. The van der Waals surface area contributed by atoms with Gasteiger partial charge in [0.25, 0.3) is 5.91 Å². The van der Waals surface area contributed by atoms with Crippen LogP contribution in [-0.4, -0.2) is 28.9 Å². The predicted molar refractivity (Wildman–Crippen MR) is 97.5 cm³/mol. The van der Waals surface area contributed by atoms with Crippen LogP contribution in [0.3, 0.4) is 0 Å². The molecule has 1 aliphatic heterocycles. The molecule has 3 aromatic rings. The molecule has 0 atom stereocenters. The van der Waals surface area contributed by atoms with Crippen molar-refractivity contribution in [1.82, 2.24) is 9.88 Å². The lowest BCUT2D eigenvalue weighted by Crippen LogP contribution is -2.33. The van der Waals surface area contributed by atoms with E-state index in [1.165, 1.54) is 27.7 Å². The van der Waals surface area contributed by atoms with Crippen molar-refractivity contribution in [3.63, 3.8) is 0 Å². The lowest BCUT2D eigenvalue weighted by atomic mass is 10.1. The fourth-order valence-electron chi connectivity index (χ4n) is 3.71. The Labute approximate surface area is 142 Å². The maximum atomic E-state index is 12.9. The van der Waals surface area contributed by atoms with Gasteiger partial charge in [-0.3, -0.25) is 4.79 Å². The first-order chi connectivity index (χ1) is 11.6. The van der Waals surface area contributed by atoms with Crippen molar-refractivity contribution in [2.45, 2.75) is 26.7 Å². The zero-order valence-corrected chi connectivity index (χ0v) is 14.2. The molecule has 3 heteroatoms. The number of aromatic nitrogens is 1. The van der Waals surface area contributed by atoms with Gasteiger partial charge in [-0.2, -0.15) is 0 Å². The van der Waals surface area contributed by atoms with E-state index in [1.807, 2.05) is 36.1 Å². The molecule has 1 N–H and O–H groups in total.